The Kier molecular flexibility index (Phi) is 11.4. The van der Waals surface area contributed by atoms with Crippen molar-refractivity contribution in [1.29, 1.82) is 0 Å². The lowest BCUT2D eigenvalue weighted by Crippen LogP contribution is -2.48. The van der Waals surface area contributed by atoms with Crippen LogP contribution in [0, 0.1) is 5.41 Å². The molecule has 0 saturated carbocycles. The highest BCUT2D eigenvalue weighted by molar-refractivity contribution is 5.94. The van der Waals surface area contributed by atoms with Gasteiger partial charge < -0.3 is 20.3 Å². The van der Waals surface area contributed by atoms with Crippen LogP contribution in [0.4, 0.5) is 5.69 Å². The molecular weight excluding hydrogens is 423 g/mol. The van der Waals surface area contributed by atoms with Gasteiger partial charge in [0.15, 0.2) is 0 Å². The number of nitrogens with one attached hydrogen (secondary N) is 2. The van der Waals surface area contributed by atoms with Crippen LogP contribution in [0.25, 0.3) is 0 Å². The Morgan fingerprint density at radius 1 is 1.10 bits per heavy atom. The quantitative estimate of drug-likeness (QED) is 0.654. The normalized spacial score (nSPS) is 19.0. The number of ether oxygens (including phenoxy) is 1. The number of hydrogen-bond donors (Lipinski definition) is 2. The number of carbonyl (C=O) groups is 1. The van der Waals surface area contributed by atoms with Gasteiger partial charge in [0.25, 0.3) is 5.91 Å². The third-order valence-corrected chi connectivity index (χ3v) is 6.28. The number of methoxy groups -OCH3 is 1. The molecule has 0 aliphatic carbocycles. The van der Waals surface area contributed by atoms with Gasteiger partial charge in [0.1, 0.15) is 0 Å². The molecule has 2 heterocycles. The van der Waals surface area contributed by atoms with Crippen molar-refractivity contribution >= 4 is 36.4 Å². The highest BCUT2D eigenvalue weighted by atomic mass is 35.5. The zero-order chi connectivity index (χ0) is 20.0. The standard InChI is InChI=1S/C22H36N4O2.2ClH/c1-18(2)25-12-14-26(15-13-25)20-6-4-19(5-7-20)21(27)24-16-22(17-28-3)8-10-23-11-9-22;;/h4-7,18,23H,8-17H2,1-3H3,(H,24,27);2*1H. The van der Waals surface area contributed by atoms with Crippen molar-refractivity contribution < 1.29 is 9.53 Å². The minimum atomic E-state index is 0. The van der Waals surface area contributed by atoms with E-state index in [0.717, 1.165) is 57.7 Å². The van der Waals surface area contributed by atoms with Crippen molar-refractivity contribution in [1.82, 2.24) is 15.5 Å². The van der Waals surface area contributed by atoms with Gasteiger partial charge in [-0.1, -0.05) is 0 Å². The fourth-order valence-electron chi connectivity index (χ4n) is 4.33. The van der Waals surface area contributed by atoms with E-state index in [1.165, 1.54) is 5.69 Å². The molecule has 2 aliphatic rings. The lowest BCUT2D eigenvalue weighted by molar-refractivity contribution is 0.0512. The average Bonchev–Trinajstić information content (AvgIpc) is 2.73. The summed E-state index contributed by atoms with van der Waals surface area (Å²) in [5.41, 5.74) is 1.98. The third kappa shape index (κ3) is 6.99. The number of anilines is 1. The molecule has 0 unspecified atom stereocenters. The summed E-state index contributed by atoms with van der Waals surface area (Å²) in [5, 5.41) is 6.53. The van der Waals surface area contributed by atoms with Crippen LogP contribution >= 0.6 is 24.8 Å². The summed E-state index contributed by atoms with van der Waals surface area (Å²) in [6.07, 6.45) is 2.06. The first kappa shape index (κ1) is 27.0. The molecule has 0 bridgehead atoms. The fraction of sp³-hybridized carbons (Fsp3) is 0.682. The Bertz CT molecular complexity index is 623. The topological polar surface area (TPSA) is 56.8 Å². The first-order chi connectivity index (χ1) is 13.5. The summed E-state index contributed by atoms with van der Waals surface area (Å²) >= 11 is 0. The smallest absolute Gasteiger partial charge is 0.251 e. The second kappa shape index (κ2) is 12.7. The van der Waals surface area contributed by atoms with Gasteiger partial charge in [0.05, 0.1) is 6.61 Å². The predicted octanol–water partition coefficient (Wildman–Crippen LogP) is 2.81. The largest absolute Gasteiger partial charge is 0.384 e. The van der Waals surface area contributed by atoms with Gasteiger partial charge in [-0.15, -0.1) is 24.8 Å². The van der Waals surface area contributed by atoms with E-state index in [1.807, 2.05) is 12.1 Å². The van der Waals surface area contributed by atoms with Gasteiger partial charge in [-0.05, 0) is 64.0 Å². The highest BCUT2D eigenvalue weighted by Gasteiger charge is 2.32. The fourth-order valence-corrected chi connectivity index (χ4v) is 4.33. The first-order valence-corrected chi connectivity index (χ1v) is 10.6. The van der Waals surface area contributed by atoms with Crippen molar-refractivity contribution in [2.45, 2.75) is 32.7 Å². The van der Waals surface area contributed by atoms with Crippen LogP contribution in [0.1, 0.15) is 37.0 Å². The molecule has 0 radical (unpaired) electrons. The lowest BCUT2D eigenvalue weighted by atomic mass is 9.79. The second-order valence-corrected chi connectivity index (χ2v) is 8.53. The van der Waals surface area contributed by atoms with Crippen LogP contribution in [0.15, 0.2) is 24.3 Å². The maximum absolute atomic E-state index is 12.7. The molecule has 2 saturated heterocycles. The monoisotopic (exact) mass is 460 g/mol. The maximum atomic E-state index is 12.7. The van der Waals surface area contributed by atoms with Crippen LogP contribution in [-0.2, 0) is 4.74 Å². The Balaban J connectivity index is 0.00000225. The molecule has 6 nitrogen and oxygen atoms in total. The highest BCUT2D eigenvalue weighted by Crippen LogP contribution is 2.28. The molecule has 8 heteroatoms. The summed E-state index contributed by atoms with van der Waals surface area (Å²) in [5.74, 6) is 0.00480. The number of piperidine rings is 1. The molecule has 1 amide bonds. The number of amides is 1. The van der Waals surface area contributed by atoms with E-state index >= 15 is 0 Å². The van der Waals surface area contributed by atoms with Crippen molar-refractivity contribution in [3.8, 4) is 0 Å². The number of nitrogens with zero attached hydrogens (tertiary/aromatic N) is 2. The van der Waals surface area contributed by atoms with E-state index in [2.05, 4.69) is 46.4 Å². The zero-order valence-electron chi connectivity index (χ0n) is 18.5. The van der Waals surface area contributed by atoms with E-state index < -0.39 is 0 Å². The molecule has 2 N–H and O–H groups in total. The molecule has 1 aromatic rings. The van der Waals surface area contributed by atoms with Gasteiger partial charge in [-0.2, -0.15) is 0 Å². The summed E-state index contributed by atoms with van der Waals surface area (Å²) in [4.78, 5) is 17.6. The minimum absolute atomic E-state index is 0. The number of halogens is 2. The molecule has 172 valence electrons. The first-order valence-electron chi connectivity index (χ1n) is 10.6. The third-order valence-electron chi connectivity index (χ3n) is 6.28. The molecular formula is C22H38Cl2N4O2. The van der Waals surface area contributed by atoms with Gasteiger partial charge in [0, 0.05) is 62.5 Å². The average molecular weight is 461 g/mol. The van der Waals surface area contributed by atoms with E-state index in [-0.39, 0.29) is 36.1 Å². The number of rotatable bonds is 7. The zero-order valence-corrected chi connectivity index (χ0v) is 20.1. The predicted molar refractivity (Wildman–Crippen MR) is 129 cm³/mol. The number of benzene rings is 1. The maximum Gasteiger partial charge on any atom is 0.251 e. The minimum Gasteiger partial charge on any atom is -0.384 e. The Morgan fingerprint density at radius 3 is 2.23 bits per heavy atom. The molecule has 2 fully saturated rings. The summed E-state index contributed by atoms with van der Waals surface area (Å²) in [6, 6.07) is 8.66. The van der Waals surface area contributed by atoms with Crippen molar-refractivity contribution in [2.75, 3.05) is 64.4 Å². The summed E-state index contributed by atoms with van der Waals surface area (Å²) in [6.45, 7) is 12.1. The van der Waals surface area contributed by atoms with Gasteiger partial charge >= 0.3 is 0 Å². The van der Waals surface area contributed by atoms with Crippen molar-refractivity contribution in [3.05, 3.63) is 29.8 Å². The summed E-state index contributed by atoms with van der Waals surface area (Å²) in [7, 11) is 1.74. The second-order valence-electron chi connectivity index (χ2n) is 8.53. The Labute approximate surface area is 193 Å². The van der Waals surface area contributed by atoms with E-state index in [0.29, 0.717) is 19.2 Å². The molecule has 30 heavy (non-hydrogen) atoms. The lowest BCUT2D eigenvalue weighted by Gasteiger charge is -2.38. The molecule has 2 aliphatic heterocycles. The van der Waals surface area contributed by atoms with E-state index in [9.17, 15) is 4.79 Å². The van der Waals surface area contributed by atoms with Crippen molar-refractivity contribution in [2.24, 2.45) is 5.41 Å². The molecule has 3 rings (SSSR count). The van der Waals surface area contributed by atoms with Crippen LogP contribution in [0.5, 0.6) is 0 Å². The number of hydrogen-bond acceptors (Lipinski definition) is 5. The SMILES string of the molecule is COCC1(CNC(=O)c2ccc(N3CCN(C(C)C)CC3)cc2)CCNCC1.Cl.Cl. The number of carbonyl (C=O) groups excluding carboxylic acids is 1. The Hall–Kier alpha value is -1.05. The van der Waals surface area contributed by atoms with Crippen LogP contribution in [0.3, 0.4) is 0 Å². The van der Waals surface area contributed by atoms with Gasteiger partial charge in [-0.25, -0.2) is 0 Å². The van der Waals surface area contributed by atoms with Gasteiger partial charge in [0.2, 0.25) is 0 Å². The van der Waals surface area contributed by atoms with Crippen LogP contribution < -0.4 is 15.5 Å². The molecule has 0 spiro atoms. The molecule has 0 aromatic heterocycles. The Morgan fingerprint density at radius 2 is 1.70 bits per heavy atom. The summed E-state index contributed by atoms with van der Waals surface area (Å²) < 4.78 is 5.44. The van der Waals surface area contributed by atoms with Crippen LogP contribution in [-0.4, -0.2) is 76.4 Å². The van der Waals surface area contributed by atoms with E-state index in [1.54, 1.807) is 7.11 Å². The van der Waals surface area contributed by atoms with Gasteiger partial charge in [-0.3, -0.25) is 9.69 Å². The number of piperazine rings is 1. The molecule has 1 aromatic carbocycles. The van der Waals surface area contributed by atoms with Crippen LogP contribution in [0.2, 0.25) is 0 Å². The molecule has 0 atom stereocenters. The van der Waals surface area contributed by atoms with Crippen molar-refractivity contribution in [3.63, 3.8) is 0 Å². The van der Waals surface area contributed by atoms with E-state index in [4.69, 9.17) is 4.74 Å².